The number of sulfone groups is 1. The summed E-state index contributed by atoms with van der Waals surface area (Å²) in [5, 5.41) is 25.1. The second kappa shape index (κ2) is 10.8. The summed E-state index contributed by atoms with van der Waals surface area (Å²) in [6, 6.07) is 14.2. The first kappa shape index (κ1) is 27.8. The van der Waals surface area contributed by atoms with Crippen LogP contribution in [0.1, 0.15) is 66.0 Å². The maximum absolute atomic E-state index is 12.2. The number of aromatic nitrogens is 4. The van der Waals surface area contributed by atoms with Gasteiger partial charge in [-0.05, 0) is 50.5 Å². The topological polar surface area (TPSA) is 169 Å². The Hall–Kier alpha value is -4.36. The van der Waals surface area contributed by atoms with Gasteiger partial charge in [0, 0.05) is 23.4 Å². The van der Waals surface area contributed by atoms with E-state index in [0.29, 0.717) is 41.4 Å². The first-order valence-corrected chi connectivity index (χ1v) is 15.4. The summed E-state index contributed by atoms with van der Waals surface area (Å²) in [6.45, 7) is 3.45. The summed E-state index contributed by atoms with van der Waals surface area (Å²) in [5.41, 5.74) is 2.44. The average molecular weight is 591 g/mol. The van der Waals surface area contributed by atoms with Crippen molar-refractivity contribution in [2.45, 2.75) is 44.2 Å². The molecule has 0 radical (unpaired) electrons. The zero-order valence-corrected chi connectivity index (χ0v) is 23.9. The molecular formula is C29H30N6O6S. The van der Waals surface area contributed by atoms with Gasteiger partial charge in [0.25, 0.3) is 5.89 Å². The SMILES string of the molecule is CC1(C)OC(=O)c2ccc(Nc3ncc(-c4nnc(C5CCS(=O)(=O)CC5)o4)c(NC(CO)c4ccccc4)n3)cc21. The third kappa shape index (κ3) is 5.57. The number of carbonyl (C=O) groups is 1. The molecule has 0 spiro atoms. The van der Waals surface area contributed by atoms with E-state index in [0.717, 1.165) is 11.1 Å². The number of benzene rings is 2. The molecule has 2 aromatic carbocycles. The minimum absolute atomic E-state index is 0.0844. The van der Waals surface area contributed by atoms with Crippen molar-refractivity contribution in [3.63, 3.8) is 0 Å². The molecule has 13 heteroatoms. The molecule has 12 nitrogen and oxygen atoms in total. The predicted molar refractivity (Wildman–Crippen MR) is 154 cm³/mol. The van der Waals surface area contributed by atoms with Gasteiger partial charge >= 0.3 is 5.97 Å². The fourth-order valence-electron chi connectivity index (χ4n) is 5.21. The molecule has 0 saturated carbocycles. The number of aliphatic hydroxyl groups excluding tert-OH is 1. The summed E-state index contributed by atoms with van der Waals surface area (Å²) < 4.78 is 35.2. The normalized spacial score (nSPS) is 18.2. The zero-order chi connectivity index (χ0) is 29.5. The summed E-state index contributed by atoms with van der Waals surface area (Å²) in [4.78, 5) is 21.4. The van der Waals surface area contributed by atoms with E-state index in [2.05, 4.69) is 25.8 Å². The van der Waals surface area contributed by atoms with Crippen LogP contribution in [-0.4, -0.2) is 57.8 Å². The van der Waals surface area contributed by atoms with E-state index in [4.69, 9.17) is 14.1 Å². The lowest BCUT2D eigenvalue weighted by molar-refractivity contribution is 0.00954. The van der Waals surface area contributed by atoms with Crippen LogP contribution < -0.4 is 10.6 Å². The number of hydrogen-bond acceptors (Lipinski definition) is 12. The first-order chi connectivity index (χ1) is 20.1. The number of esters is 1. The second-order valence-corrected chi connectivity index (χ2v) is 13.2. The van der Waals surface area contributed by atoms with Crippen LogP contribution in [0.2, 0.25) is 0 Å². The molecule has 6 rings (SSSR count). The fraction of sp³-hybridized carbons (Fsp3) is 0.345. The molecule has 2 aliphatic rings. The highest BCUT2D eigenvalue weighted by atomic mass is 32.2. The van der Waals surface area contributed by atoms with Crippen LogP contribution in [0, 0.1) is 0 Å². The molecule has 1 atom stereocenters. The van der Waals surface area contributed by atoms with Crippen LogP contribution in [-0.2, 0) is 20.2 Å². The predicted octanol–water partition coefficient (Wildman–Crippen LogP) is 4.11. The molecule has 0 amide bonds. The maximum atomic E-state index is 12.2. The lowest BCUT2D eigenvalue weighted by Gasteiger charge is -2.20. The number of aliphatic hydroxyl groups is 1. The smallest absolute Gasteiger partial charge is 0.339 e. The molecule has 1 unspecified atom stereocenters. The Morgan fingerprint density at radius 1 is 1.07 bits per heavy atom. The maximum Gasteiger partial charge on any atom is 0.339 e. The standard InChI is InChI=1S/C29H30N6O6S/c1-29(2)22-14-19(8-9-20(22)27(37)41-29)31-28-30-15-21(24(33-28)32-23(16-36)17-6-4-3-5-7-17)26-35-34-25(40-26)18-10-12-42(38,39)13-11-18/h3-9,14-15,18,23,36H,10-13,16H2,1-2H3,(H2,30,31,32,33). The lowest BCUT2D eigenvalue weighted by Crippen LogP contribution is -2.22. The molecule has 218 valence electrons. The largest absolute Gasteiger partial charge is 0.451 e. The molecule has 4 aromatic rings. The second-order valence-electron chi connectivity index (χ2n) is 10.9. The van der Waals surface area contributed by atoms with Crippen molar-refractivity contribution in [1.29, 1.82) is 0 Å². The molecular weight excluding hydrogens is 560 g/mol. The number of nitrogens with zero attached hydrogens (tertiary/aromatic N) is 4. The Labute approximate surface area is 242 Å². The minimum atomic E-state index is -3.04. The van der Waals surface area contributed by atoms with E-state index in [1.807, 2.05) is 50.2 Å². The van der Waals surface area contributed by atoms with Crippen molar-refractivity contribution in [2.24, 2.45) is 0 Å². The van der Waals surface area contributed by atoms with Gasteiger partial charge in [0.05, 0.1) is 35.3 Å². The zero-order valence-electron chi connectivity index (χ0n) is 23.1. The highest BCUT2D eigenvalue weighted by Gasteiger charge is 2.37. The highest BCUT2D eigenvalue weighted by Crippen LogP contribution is 2.38. The van der Waals surface area contributed by atoms with Crippen LogP contribution in [0.3, 0.4) is 0 Å². The van der Waals surface area contributed by atoms with Crippen molar-refractivity contribution in [3.8, 4) is 11.5 Å². The summed E-state index contributed by atoms with van der Waals surface area (Å²) in [7, 11) is -3.04. The number of fused-ring (bicyclic) bond motifs is 1. The highest BCUT2D eigenvalue weighted by molar-refractivity contribution is 7.91. The van der Waals surface area contributed by atoms with Crippen molar-refractivity contribution in [3.05, 3.63) is 77.3 Å². The first-order valence-electron chi connectivity index (χ1n) is 13.6. The van der Waals surface area contributed by atoms with E-state index < -0.39 is 21.5 Å². The van der Waals surface area contributed by atoms with E-state index in [9.17, 15) is 18.3 Å². The van der Waals surface area contributed by atoms with Crippen molar-refractivity contribution >= 4 is 33.3 Å². The lowest BCUT2D eigenvalue weighted by atomic mass is 9.95. The van der Waals surface area contributed by atoms with Gasteiger partial charge in [-0.3, -0.25) is 0 Å². The Morgan fingerprint density at radius 2 is 1.83 bits per heavy atom. The molecule has 1 fully saturated rings. The summed E-state index contributed by atoms with van der Waals surface area (Å²) >= 11 is 0. The van der Waals surface area contributed by atoms with E-state index in [1.165, 1.54) is 0 Å². The third-order valence-electron chi connectivity index (χ3n) is 7.55. The number of anilines is 3. The number of ether oxygens (including phenoxy) is 1. The number of nitrogens with one attached hydrogen (secondary N) is 2. The van der Waals surface area contributed by atoms with Crippen molar-refractivity contribution in [1.82, 2.24) is 20.2 Å². The number of rotatable bonds is 8. The van der Waals surface area contributed by atoms with Gasteiger partial charge in [0.1, 0.15) is 21.3 Å². The van der Waals surface area contributed by atoms with E-state index >= 15 is 0 Å². The van der Waals surface area contributed by atoms with Gasteiger partial charge in [-0.25, -0.2) is 18.2 Å². The van der Waals surface area contributed by atoms with Crippen LogP contribution in [0.4, 0.5) is 17.5 Å². The van der Waals surface area contributed by atoms with E-state index in [-0.39, 0.29) is 41.8 Å². The van der Waals surface area contributed by atoms with Gasteiger partial charge in [-0.15, -0.1) is 10.2 Å². The molecule has 42 heavy (non-hydrogen) atoms. The number of cyclic esters (lactones) is 1. The Kier molecular flexibility index (Phi) is 7.15. The third-order valence-corrected chi connectivity index (χ3v) is 9.27. The van der Waals surface area contributed by atoms with Crippen LogP contribution in [0.15, 0.2) is 59.1 Å². The Morgan fingerprint density at radius 3 is 2.57 bits per heavy atom. The van der Waals surface area contributed by atoms with Crippen molar-refractivity contribution < 1.29 is 27.5 Å². The monoisotopic (exact) mass is 590 g/mol. The van der Waals surface area contributed by atoms with Crippen LogP contribution >= 0.6 is 0 Å². The number of hydrogen-bond donors (Lipinski definition) is 3. The van der Waals surface area contributed by atoms with Gasteiger partial charge in [-0.1, -0.05) is 30.3 Å². The molecule has 4 heterocycles. The van der Waals surface area contributed by atoms with Gasteiger partial charge in [0.2, 0.25) is 11.8 Å². The van der Waals surface area contributed by atoms with Crippen molar-refractivity contribution in [2.75, 3.05) is 28.7 Å². The van der Waals surface area contributed by atoms with Crippen LogP contribution in [0.25, 0.3) is 11.5 Å². The molecule has 3 N–H and O–H groups in total. The minimum Gasteiger partial charge on any atom is -0.451 e. The summed E-state index contributed by atoms with van der Waals surface area (Å²) in [6.07, 6.45) is 2.39. The quantitative estimate of drug-likeness (QED) is 0.251. The number of carbonyl (C=O) groups excluding carboxylic acids is 1. The van der Waals surface area contributed by atoms with E-state index in [1.54, 1.807) is 18.3 Å². The van der Waals surface area contributed by atoms with Crippen LogP contribution in [0.5, 0.6) is 0 Å². The van der Waals surface area contributed by atoms with Gasteiger partial charge in [-0.2, -0.15) is 4.98 Å². The molecule has 2 aliphatic heterocycles. The van der Waals surface area contributed by atoms with Gasteiger partial charge < -0.3 is 24.9 Å². The fourth-order valence-corrected chi connectivity index (χ4v) is 6.70. The molecule has 0 aliphatic carbocycles. The Balaban J connectivity index is 1.33. The molecule has 1 saturated heterocycles. The Bertz CT molecular complexity index is 1730. The van der Waals surface area contributed by atoms with Gasteiger partial charge in [0.15, 0.2) is 0 Å². The molecule has 0 bridgehead atoms. The molecule has 2 aromatic heterocycles. The average Bonchev–Trinajstić information content (AvgIpc) is 3.54. The summed E-state index contributed by atoms with van der Waals surface area (Å²) in [5.74, 6) is 0.797.